The van der Waals surface area contributed by atoms with E-state index in [9.17, 15) is 0 Å². The lowest BCUT2D eigenvalue weighted by Gasteiger charge is -2.21. The van der Waals surface area contributed by atoms with E-state index in [4.69, 9.17) is 5.73 Å². The van der Waals surface area contributed by atoms with Gasteiger partial charge in [-0.3, -0.25) is 9.88 Å². The smallest absolute Gasteiger partial charge is 0.0544 e. The number of nitrogens with zero attached hydrogens (tertiary/aromatic N) is 2. The van der Waals surface area contributed by atoms with Crippen LogP contribution in [0.25, 0.3) is 0 Å². The summed E-state index contributed by atoms with van der Waals surface area (Å²) in [5, 5.41) is 0. The zero-order chi connectivity index (χ0) is 13.7. The Balaban J connectivity index is 2.11. The van der Waals surface area contributed by atoms with Crippen molar-refractivity contribution < 1.29 is 0 Å². The third-order valence-corrected chi connectivity index (χ3v) is 3.84. The van der Waals surface area contributed by atoms with E-state index in [0.717, 1.165) is 41.1 Å². The Morgan fingerprint density at radius 1 is 1.16 bits per heavy atom. The van der Waals surface area contributed by atoms with Gasteiger partial charge in [-0.15, -0.1) is 0 Å². The van der Waals surface area contributed by atoms with Crippen molar-refractivity contribution in [1.82, 2.24) is 9.88 Å². The molecule has 0 aliphatic rings. The van der Waals surface area contributed by atoms with Gasteiger partial charge < -0.3 is 5.73 Å². The highest BCUT2D eigenvalue weighted by molar-refractivity contribution is 9.10. The summed E-state index contributed by atoms with van der Waals surface area (Å²) < 4.78 is 1.06. The van der Waals surface area contributed by atoms with Gasteiger partial charge in [-0.25, -0.2) is 0 Å². The molecule has 0 bridgehead atoms. The summed E-state index contributed by atoms with van der Waals surface area (Å²) in [5.41, 5.74) is 9.09. The predicted octanol–water partition coefficient (Wildman–Crippen LogP) is 3.45. The molecule has 0 spiro atoms. The van der Waals surface area contributed by atoms with Crippen molar-refractivity contribution >= 4 is 21.6 Å². The summed E-state index contributed by atoms with van der Waals surface area (Å²) in [6.45, 7) is 4.76. The van der Waals surface area contributed by atoms with Crippen LogP contribution in [0.4, 0.5) is 5.69 Å². The van der Waals surface area contributed by atoms with Crippen LogP contribution in [0, 0.1) is 0 Å². The van der Waals surface area contributed by atoms with E-state index in [2.05, 4.69) is 32.7 Å². The lowest BCUT2D eigenvalue weighted by Crippen LogP contribution is -2.23. The Kier molecular flexibility index (Phi) is 4.93. The van der Waals surface area contributed by atoms with Crippen molar-refractivity contribution in [3.8, 4) is 0 Å². The van der Waals surface area contributed by atoms with Crippen LogP contribution in [0.15, 0.2) is 47.1 Å². The normalized spacial score (nSPS) is 10.9. The summed E-state index contributed by atoms with van der Waals surface area (Å²) in [6, 6.07) is 11.9. The molecule has 100 valence electrons. The minimum atomic E-state index is 0.820. The minimum absolute atomic E-state index is 0.820. The zero-order valence-electron chi connectivity index (χ0n) is 11.0. The van der Waals surface area contributed by atoms with E-state index in [1.165, 1.54) is 0 Å². The SMILES string of the molecule is CCN(Cc1ccccn1)Cc1c(N)cccc1Br. The maximum absolute atomic E-state index is 6.05. The first kappa shape index (κ1) is 14.0. The second-order valence-corrected chi connectivity index (χ2v) is 5.29. The predicted molar refractivity (Wildman–Crippen MR) is 82.6 cm³/mol. The molecule has 0 unspecified atom stereocenters. The molecule has 1 heterocycles. The second-order valence-electron chi connectivity index (χ2n) is 4.43. The Morgan fingerprint density at radius 3 is 2.63 bits per heavy atom. The van der Waals surface area contributed by atoms with Crippen LogP contribution < -0.4 is 5.73 Å². The van der Waals surface area contributed by atoms with E-state index >= 15 is 0 Å². The monoisotopic (exact) mass is 319 g/mol. The van der Waals surface area contributed by atoms with Crippen molar-refractivity contribution in [2.24, 2.45) is 0 Å². The van der Waals surface area contributed by atoms with E-state index in [0.29, 0.717) is 0 Å². The standard InChI is InChI=1S/C15H18BrN3/c1-2-19(10-12-6-3-4-9-18-12)11-13-14(16)7-5-8-15(13)17/h3-9H,2,10-11,17H2,1H3. The molecule has 2 N–H and O–H groups in total. The molecule has 0 saturated carbocycles. The second kappa shape index (κ2) is 6.68. The van der Waals surface area contributed by atoms with Crippen LogP contribution in [-0.4, -0.2) is 16.4 Å². The lowest BCUT2D eigenvalue weighted by atomic mass is 10.1. The molecule has 0 aliphatic carbocycles. The number of benzene rings is 1. The van der Waals surface area contributed by atoms with Gasteiger partial charge in [0.1, 0.15) is 0 Å². The van der Waals surface area contributed by atoms with Crippen molar-refractivity contribution in [3.05, 3.63) is 58.3 Å². The first-order valence-electron chi connectivity index (χ1n) is 6.36. The highest BCUT2D eigenvalue weighted by Gasteiger charge is 2.10. The molecule has 0 aliphatic heterocycles. The summed E-state index contributed by atoms with van der Waals surface area (Å²) in [4.78, 5) is 6.69. The number of rotatable bonds is 5. The molecule has 2 rings (SSSR count). The van der Waals surface area contributed by atoms with Gasteiger partial charge in [-0.05, 0) is 30.8 Å². The van der Waals surface area contributed by atoms with Gasteiger partial charge in [0, 0.05) is 35.0 Å². The minimum Gasteiger partial charge on any atom is -0.398 e. The van der Waals surface area contributed by atoms with E-state index in [1.807, 2.05) is 42.6 Å². The summed E-state index contributed by atoms with van der Waals surface area (Å²) >= 11 is 3.57. The molecule has 3 nitrogen and oxygen atoms in total. The third-order valence-electron chi connectivity index (χ3n) is 3.10. The van der Waals surface area contributed by atoms with Crippen LogP contribution in [0.5, 0.6) is 0 Å². The number of nitrogen functional groups attached to an aromatic ring is 1. The molecular formula is C15H18BrN3. The molecule has 0 atom stereocenters. The molecule has 0 amide bonds. The van der Waals surface area contributed by atoms with Gasteiger partial charge >= 0.3 is 0 Å². The molecule has 1 aromatic heterocycles. The van der Waals surface area contributed by atoms with Gasteiger partial charge in [-0.2, -0.15) is 0 Å². The number of nitrogens with two attached hydrogens (primary N) is 1. The highest BCUT2D eigenvalue weighted by Crippen LogP contribution is 2.24. The number of aromatic nitrogens is 1. The summed E-state index contributed by atoms with van der Waals surface area (Å²) in [5.74, 6) is 0. The van der Waals surface area contributed by atoms with Gasteiger partial charge in [-0.1, -0.05) is 35.0 Å². The van der Waals surface area contributed by atoms with E-state index in [1.54, 1.807) is 0 Å². The molecule has 2 aromatic rings. The van der Waals surface area contributed by atoms with Crippen LogP contribution in [0.1, 0.15) is 18.2 Å². The first-order valence-corrected chi connectivity index (χ1v) is 7.15. The van der Waals surface area contributed by atoms with Crippen molar-refractivity contribution in [3.63, 3.8) is 0 Å². The van der Waals surface area contributed by atoms with Crippen LogP contribution in [0.3, 0.4) is 0 Å². The molecule has 1 aromatic carbocycles. The van der Waals surface area contributed by atoms with Crippen LogP contribution in [-0.2, 0) is 13.1 Å². The Bertz CT molecular complexity index is 508. The van der Waals surface area contributed by atoms with E-state index < -0.39 is 0 Å². The van der Waals surface area contributed by atoms with E-state index in [-0.39, 0.29) is 0 Å². The lowest BCUT2D eigenvalue weighted by molar-refractivity contribution is 0.268. The van der Waals surface area contributed by atoms with Crippen molar-refractivity contribution in [2.75, 3.05) is 12.3 Å². The molecule has 0 fully saturated rings. The number of hydrogen-bond acceptors (Lipinski definition) is 3. The maximum Gasteiger partial charge on any atom is 0.0544 e. The fourth-order valence-corrected chi connectivity index (χ4v) is 2.47. The van der Waals surface area contributed by atoms with Gasteiger partial charge in [0.05, 0.1) is 5.69 Å². The molecule has 0 saturated heterocycles. The number of halogens is 1. The van der Waals surface area contributed by atoms with Crippen LogP contribution in [0.2, 0.25) is 0 Å². The van der Waals surface area contributed by atoms with Gasteiger partial charge in [0.15, 0.2) is 0 Å². The third kappa shape index (κ3) is 3.78. The Labute approximate surface area is 122 Å². The van der Waals surface area contributed by atoms with Gasteiger partial charge in [0.2, 0.25) is 0 Å². The quantitative estimate of drug-likeness (QED) is 0.858. The largest absolute Gasteiger partial charge is 0.398 e. The molecule has 0 radical (unpaired) electrons. The average molecular weight is 320 g/mol. The van der Waals surface area contributed by atoms with Crippen molar-refractivity contribution in [2.45, 2.75) is 20.0 Å². The van der Waals surface area contributed by atoms with Crippen LogP contribution >= 0.6 is 15.9 Å². The number of pyridine rings is 1. The summed E-state index contributed by atoms with van der Waals surface area (Å²) in [7, 11) is 0. The average Bonchev–Trinajstić information content (AvgIpc) is 2.43. The number of anilines is 1. The molecule has 19 heavy (non-hydrogen) atoms. The number of hydrogen-bond donors (Lipinski definition) is 1. The van der Waals surface area contributed by atoms with Crippen molar-refractivity contribution in [1.29, 1.82) is 0 Å². The van der Waals surface area contributed by atoms with Gasteiger partial charge in [0.25, 0.3) is 0 Å². The molecule has 4 heteroatoms. The summed E-state index contributed by atoms with van der Waals surface area (Å²) in [6.07, 6.45) is 1.83. The maximum atomic E-state index is 6.05. The Morgan fingerprint density at radius 2 is 2.00 bits per heavy atom. The highest BCUT2D eigenvalue weighted by atomic mass is 79.9. The fraction of sp³-hybridized carbons (Fsp3) is 0.267. The fourth-order valence-electron chi connectivity index (χ4n) is 1.97. The molecular weight excluding hydrogens is 302 g/mol. The first-order chi connectivity index (χ1) is 9.20. The topological polar surface area (TPSA) is 42.2 Å². The zero-order valence-corrected chi connectivity index (χ0v) is 12.6. The Hall–Kier alpha value is -1.39.